The molecular formula is C10H10ClF3. The Morgan fingerprint density at radius 3 is 2.43 bits per heavy atom. The minimum absolute atomic E-state index is 0.0380. The number of hydrogen-bond donors (Lipinski definition) is 0. The summed E-state index contributed by atoms with van der Waals surface area (Å²) in [6.45, 7) is 1.81. The molecule has 0 radical (unpaired) electrons. The second-order valence-corrected chi connectivity index (χ2v) is 3.61. The van der Waals surface area contributed by atoms with E-state index in [1.165, 1.54) is 6.07 Å². The van der Waals surface area contributed by atoms with Crippen LogP contribution in [0.5, 0.6) is 0 Å². The van der Waals surface area contributed by atoms with Crippen molar-refractivity contribution in [3.63, 3.8) is 0 Å². The van der Waals surface area contributed by atoms with Crippen LogP contribution in [0.25, 0.3) is 0 Å². The van der Waals surface area contributed by atoms with Gasteiger partial charge in [0.1, 0.15) is 0 Å². The molecule has 0 saturated carbocycles. The van der Waals surface area contributed by atoms with Gasteiger partial charge in [0.15, 0.2) is 17.5 Å². The van der Waals surface area contributed by atoms with Gasteiger partial charge in [0.2, 0.25) is 0 Å². The first-order chi connectivity index (χ1) is 6.56. The fourth-order valence-corrected chi connectivity index (χ4v) is 1.26. The van der Waals surface area contributed by atoms with Gasteiger partial charge in [-0.3, -0.25) is 0 Å². The average molecular weight is 223 g/mol. The molecule has 1 atom stereocenters. The molecule has 0 bridgehead atoms. The maximum Gasteiger partial charge on any atom is 0.194 e. The number of alkyl halides is 1. The van der Waals surface area contributed by atoms with Crippen molar-refractivity contribution in [1.82, 2.24) is 0 Å². The second-order valence-electron chi connectivity index (χ2n) is 3.30. The van der Waals surface area contributed by atoms with Crippen LogP contribution < -0.4 is 0 Å². The Bertz CT molecular complexity index is 325. The number of benzene rings is 1. The Hall–Kier alpha value is -0.700. The van der Waals surface area contributed by atoms with Crippen molar-refractivity contribution in [2.75, 3.05) is 5.88 Å². The van der Waals surface area contributed by atoms with Crippen molar-refractivity contribution < 1.29 is 13.2 Å². The normalized spacial score (nSPS) is 12.9. The summed E-state index contributed by atoms with van der Waals surface area (Å²) in [5.74, 6) is -3.29. The lowest BCUT2D eigenvalue weighted by molar-refractivity contribution is 0.437. The van der Waals surface area contributed by atoms with Crippen LogP contribution in [0.15, 0.2) is 12.1 Å². The summed E-state index contributed by atoms with van der Waals surface area (Å²) in [6.07, 6.45) is 0.312. The first-order valence-corrected chi connectivity index (χ1v) is 4.78. The van der Waals surface area contributed by atoms with Crippen LogP contribution in [0.1, 0.15) is 12.5 Å². The highest BCUT2D eigenvalue weighted by Crippen LogP contribution is 2.18. The Balaban J connectivity index is 2.94. The van der Waals surface area contributed by atoms with Crippen LogP contribution in [0, 0.1) is 23.4 Å². The first kappa shape index (κ1) is 11.4. The van der Waals surface area contributed by atoms with Gasteiger partial charge in [-0.15, -0.1) is 11.6 Å². The van der Waals surface area contributed by atoms with Crippen LogP contribution in [0.3, 0.4) is 0 Å². The van der Waals surface area contributed by atoms with Crippen LogP contribution in [0.4, 0.5) is 13.2 Å². The Labute approximate surface area is 85.7 Å². The molecule has 1 unspecified atom stereocenters. The average Bonchev–Trinajstić information content (AvgIpc) is 2.19. The molecule has 0 N–H and O–H groups in total. The molecule has 0 aromatic heterocycles. The van der Waals surface area contributed by atoms with E-state index in [1.807, 2.05) is 6.92 Å². The van der Waals surface area contributed by atoms with E-state index in [0.29, 0.717) is 12.3 Å². The standard InChI is InChI=1S/C10H10ClF3/c1-6(5-11)4-7-2-3-8(12)10(14)9(7)13/h2-3,6H,4-5H2,1H3. The van der Waals surface area contributed by atoms with Crippen molar-refractivity contribution in [3.8, 4) is 0 Å². The molecule has 0 aliphatic carbocycles. The zero-order valence-corrected chi connectivity index (χ0v) is 8.41. The maximum absolute atomic E-state index is 13.1. The van der Waals surface area contributed by atoms with Crippen LogP contribution in [-0.2, 0) is 6.42 Å². The van der Waals surface area contributed by atoms with Gasteiger partial charge in [-0.1, -0.05) is 13.0 Å². The van der Waals surface area contributed by atoms with E-state index in [-0.39, 0.29) is 11.5 Å². The molecule has 0 amide bonds. The van der Waals surface area contributed by atoms with Gasteiger partial charge in [0.05, 0.1) is 0 Å². The molecule has 4 heteroatoms. The van der Waals surface area contributed by atoms with Crippen LogP contribution >= 0.6 is 11.6 Å². The zero-order chi connectivity index (χ0) is 10.7. The summed E-state index contributed by atoms with van der Waals surface area (Å²) >= 11 is 5.54. The smallest absolute Gasteiger partial charge is 0.194 e. The molecule has 1 rings (SSSR count). The summed E-state index contributed by atoms with van der Waals surface area (Å²) in [6, 6.07) is 2.17. The number of rotatable bonds is 3. The third-order valence-electron chi connectivity index (χ3n) is 1.95. The van der Waals surface area contributed by atoms with Gasteiger partial charge < -0.3 is 0 Å². The quantitative estimate of drug-likeness (QED) is 0.542. The summed E-state index contributed by atoms with van der Waals surface area (Å²) in [5.41, 5.74) is 0.164. The van der Waals surface area contributed by atoms with Crippen molar-refractivity contribution in [1.29, 1.82) is 0 Å². The summed E-state index contributed by atoms with van der Waals surface area (Å²) in [5, 5.41) is 0. The number of hydrogen-bond acceptors (Lipinski definition) is 0. The molecule has 0 spiro atoms. The minimum atomic E-state index is -1.41. The number of halogens is 4. The zero-order valence-electron chi connectivity index (χ0n) is 7.66. The summed E-state index contributed by atoms with van der Waals surface area (Å²) in [4.78, 5) is 0. The molecule has 0 aliphatic heterocycles. The lowest BCUT2D eigenvalue weighted by Crippen LogP contribution is -2.05. The Kier molecular flexibility index (Phi) is 3.81. The molecule has 0 aliphatic rings. The first-order valence-electron chi connectivity index (χ1n) is 4.24. The van der Waals surface area contributed by atoms with Gasteiger partial charge >= 0.3 is 0 Å². The fourth-order valence-electron chi connectivity index (χ4n) is 1.15. The van der Waals surface area contributed by atoms with E-state index < -0.39 is 17.5 Å². The largest absolute Gasteiger partial charge is 0.204 e. The van der Waals surface area contributed by atoms with E-state index in [0.717, 1.165) is 6.07 Å². The topological polar surface area (TPSA) is 0 Å². The highest BCUT2D eigenvalue weighted by Gasteiger charge is 2.14. The van der Waals surface area contributed by atoms with Crippen LogP contribution in [0.2, 0.25) is 0 Å². The monoisotopic (exact) mass is 222 g/mol. The molecule has 0 fully saturated rings. The van der Waals surface area contributed by atoms with Crippen molar-refractivity contribution in [2.24, 2.45) is 5.92 Å². The molecule has 78 valence electrons. The lowest BCUT2D eigenvalue weighted by atomic mass is 10.0. The van der Waals surface area contributed by atoms with E-state index >= 15 is 0 Å². The third-order valence-corrected chi connectivity index (χ3v) is 2.47. The lowest BCUT2D eigenvalue weighted by Gasteiger charge is -2.08. The molecule has 0 heterocycles. The molecule has 1 aromatic rings. The highest BCUT2D eigenvalue weighted by atomic mass is 35.5. The minimum Gasteiger partial charge on any atom is -0.204 e. The molecular weight excluding hydrogens is 213 g/mol. The Morgan fingerprint density at radius 1 is 1.21 bits per heavy atom. The molecule has 14 heavy (non-hydrogen) atoms. The fraction of sp³-hybridized carbons (Fsp3) is 0.400. The van der Waals surface area contributed by atoms with Gasteiger partial charge in [0, 0.05) is 5.88 Å². The van der Waals surface area contributed by atoms with Gasteiger partial charge in [0.25, 0.3) is 0 Å². The molecule has 0 nitrogen and oxygen atoms in total. The second kappa shape index (κ2) is 4.69. The van der Waals surface area contributed by atoms with Gasteiger partial charge in [-0.2, -0.15) is 0 Å². The SMILES string of the molecule is CC(CCl)Cc1ccc(F)c(F)c1F. The summed E-state index contributed by atoms with van der Waals surface area (Å²) < 4.78 is 38.4. The predicted octanol–water partition coefficient (Wildman–Crippen LogP) is 3.52. The Morgan fingerprint density at radius 2 is 1.86 bits per heavy atom. The van der Waals surface area contributed by atoms with Crippen molar-refractivity contribution in [2.45, 2.75) is 13.3 Å². The van der Waals surface area contributed by atoms with Gasteiger partial charge in [-0.05, 0) is 24.0 Å². The van der Waals surface area contributed by atoms with E-state index in [9.17, 15) is 13.2 Å². The van der Waals surface area contributed by atoms with E-state index in [4.69, 9.17) is 11.6 Å². The highest BCUT2D eigenvalue weighted by molar-refractivity contribution is 6.18. The van der Waals surface area contributed by atoms with E-state index in [2.05, 4.69) is 0 Å². The predicted molar refractivity (Wildman–Crippen MR) is 49.9 cm³/mol. The van der Waals surface area contributed by atoms with E-state index in [1.54, 1.807) is 0 Å². The third kappa shape index (κ3) is 2.41. The van der Waals surface area contributed by atoms with Crippen molar-refractivity contribution >= 4 is 11.6 Å². The summed E-state index contributed by atoms with van der Waals surface area (Å²) in [7, 11) is 0. The van der Waals surface area contributed by atoms with Gasteiger partial charge in [-0.25, -0.2) is 13.2 Å². The van der Waals surface area contributed by atoms with Crippen LogP contribution in [-0.4, -0.2) is 5.88 Å². The molecule has 0 saturated heterocycles. The van der Waals surface area contributed by atoms with Crippen molar-refractivity contribution in [3.05, 3.63) is 35.1 Å². The maximum atomic E-state index is 13.1. The molecule has 1 aromatic carbocycles.